The lowest BCUT2D eigenvalue weighted by molar-refractivity contribution is 0.239. The van der Waals surface area contributed by atoms with E-state index in [1.54, 1.807) is 0 Å². The Kier molecular flexibility index (Phi) is 11.9. The summed E-state index contributed by atoms with van der Waals surface area (Å²) in [7, 11) is 0. The number of nitrogens with two attached hydrogens (primary N) is 1. The van der Waals surface area contributed by atoms with E-state index in [1.807, 2.05) is 0 Å². The van der Waals surface area contributed by atoms with E-state index < -0.39 is 0 Å². The van der Waals surface area contributed by atoms with E-state index in [1.165, 1.54) is 58.5 Å². The van der Waals surface area contributed by atoms with Crippen LogP contribution in [0.2, 0.25) is 0 Å². The van der Waals surface area contributed by atoms with Crippen LogP contribution in [0.5, 0.6) is 0 Å². The molecule has 0 aromatic carbocycles. The summed E-state index contributed by atoms with van der Waals surface area (Å²) in [6, 6.07) is 0.402. The van der Waals surface area contributed by atoms with Crippen LogP contribution in [-0.4, -0.2) is 55.1 Å². The largest absolute Gasteiger partial charge is 0.328 e. The fraction of sp³-hybridized carbons (Fsp3) is 1.00. The Morgan fingerprint density at radius 1 is 0.778 bits per heavy atom. The summed E-state index contributed by atoms with van der Waals surface area (Å²) >= 11 is 0. The molecule has 0 radical (unpaired) electrons. The van der Waals surface area contributed by atoms with Gasteiger partial charge < -0.3 is 15.5 Å². The molecule has 0 saturated carbocycles. The maximum absolute atomic E-state index is 5.95. The van der Waals surface area contributed by atoms with Crippen LogP contribution >= 0.6 is 0 Å². The molecule has 0 aliphatic heterocycles. The molecular weight excluding hydrogens is 222 g/mol. The summed E-state index contributed by atoms with van der Waals surface area (Å²) in [5.41, 5.74) is 5.95. The van der Waals surface area contributed by atoms with Gasteiger partial charge in [0.2, 0.25) is 0 Å². The fourth-order valence-corrected chi connectivity index (χ4v) is 2.27. The maximum Gasteiger partial charge on any atom is 0.00366 e. The standard InChI is InChI=1S/C15H35N3/c1-5-15(16)11-9-12-18(8-4)14-10-13-17(6-2)7-3/h15H,5-14,16H2,1-4H3. The van der Waals surface area contributed by atoms with Crippen molar-refractivity contribution in [1.82, 2.24) is 9.80 Å². The highest BCUT2D eigenvalue weighted by Crippen LogP contribution is 2.02. The van der Waals surface area contributed by atoms with Gasteiger partial charge in [0.1, 0.15) is 0 Å². The van der Waals surface area contributed by atoms with Crippen LogP contribution in [0.1, 0.15) is 53.4 Å². The monoisotopic (exact) mass is 257 g/mol. The van der Waals surface area contributed by atoms with Crippen LogP contribution in [0, 0.1) is 0 Å². The van der Waals surface area contributed by atoms with Crippen LogP contribution in [0.25, 0.3) is 0 Å². The Hall–Kier alpha value is -0.120. The van der Waals surface area contributed by atoms with Gasteiger partial charge in [-0.1, -0.05) is 27.7 Å². The molecule has 0 fully saturated rings. The van der Waals surface area contributed by atoms with Crippen LogP contribution in [0.3, 0.4) is 0 Å². The molecule has 0 bridgehead atoms. The Balaban J connectivity index is 3.63. The van der Waals surface area contributed by atoms with Crippen molar-refractivity contribution in [2.45, 2.75) is 59.4 Å². The molecule has 0 aliphatic carbocycles. The molecule has 0 spiro atoms. The van der Waals surface area contributed by atoms with E-state index in [0.717, 1.165) is 6.42 Å². The van der Waals surface area contributed by atoms with E-state index >= 15 is 0 Å². The van der Waals surface area contributed by atoms with Gasteiger partial charge in [0, 0.05) is 6.04 Å². The first-order chi connectivity index (χ1) is 8.67. The maximum atomic E-state index is 5.95. The number of hydrogen-bond acceptors (Lipinski definition) is 3. The molecular formula is C15H35N3. The Morgan fingerprint density at radius 2 is 1.28 bits per heavy atom. The minimum absolute atomic E-state index is 0.402. The molecule has 0 aromatic heterocycles. The van der Waals surface area contributed by atoms with Crippen LogP contribution in [0.4, 0.5) is 0 Å². The van der Waals surface area contributed by atoms with Crippen molar-refractivity contribution >= 4 is 0 Å². The van der Waals surface area contributed by atoms with Crippen LogP contribution < -0.4 is 5.73 Å². The molecule has 0 amide bonds. The smallest absolute Gasteiger partial charge is 0.00366 e. The third kappa shape index (κ3) is 8.90. The van der Waals surface area contributed by atoms with E-state index in [0.29, 0.717) is 6.04 Å². The van der Waals surface area contributed by atoms with Gasteiger partial charge in [-0.25, -0.2) is 0 Å². The highest BCUT2D eigenvalue weighted by Gasteiger charge is 2.05. The molecule has 0 aromatic rings. The lowest BCUT2D eigenvalue weighted by Gasteiger charge is -2.23. The predicted octanol–water partition coefficient (Wildman–Crippen LogP) is 2.56. The van der Waals surface area contributed by atoms with Crippen molar-refractivity contribution in [3.05, 3.63) is 0 Å². The van der Waals surface area contributed by atoms with Crippen LogP contribution in [0.15, 0.2) is 0 Å². The average molecular weight is 257 g/mol. The highest BCUT2D eigenvalue weighted by molar-refractivity contribution is 4.63. The first-order valence-corrected chi connectivity index (χ1v) is 7.88. The summed E-state index contributed by atoms with van der Waals surface area (Å²) < 4.78 is 0. The van der Waals surface area contributed by atoms with Gasteiger partial charge in [-0.15, -0.1) is 0 Å². The zero-order chi connectivity index (χ0) is 13.8. The molecule has 2 N–H and O–H groups in total. The van der Waals surface area contributed by atoms with Gasteiger partial charge in [0.25, 0.3) is 0 Å². The second kappa shape index (κ2) is 11.9. The minimum Gasteiger partial charge on any atom is -0.328 e. The number of rotatable bonds is 12. The fourth-order valence-electron chi connectivity index (χ4n) is 2.27. The van der Waals surface area contributed by atoms with Crippen molar-refractivity contribution in [1.29, 1.82) is 0 Å². The topological polar surface area (TPSA) is 32.5 Å². The van der Waals surface area contributed by atoms with E-state index in [9.17, 15) is 0 Å². The van der Waals surface area contributed by atoms with Gasteiger partial charge in [-0.2, -0.15) is 0 Å². The van der Waals surface area contributed by atoms with Gasteiger partial charge in [-0.05, 0) is 65.0 Å². The molecule has 1 unspecified atom stereocenters. The summed E-state index contributed by atoms with van der Waals surface area (Å²) in [5.74, 6) is 0. The summed E-state index contributed by atoms with van der Waals surface area (Å²) in [6.45, 7) is 16.1. The molecule has 3 heteroatoms. The molecule has 0 rings (SSSR count). The molecule has 3 nitrogen and oxygen atoms in total. The molecule has 18 heavy (non-hydrogen) atoms. The van der Waals surface area contributed by atoms with Crippen molar-refractivity contribution in [2.24, 2.45) is 5.73 Å². The van der Waals surface area contributed by atoms with E-state index in [4.69, 9.17) is 5.73 Å². The average Bonchev–Trinajstić information content (AvgIpc) is 2.41. The van der Waals surface area contributed by atoms with Crippen molar-refractivity contribution in [2.75, 3.05) is 39.3 Å². The third-order valence-electron chi connectivity index (χ3n) is 3.86. The van der Waals surface area contributed by atoms with Crippen molar-refractivity contribution < 1.29 is 0 Å². The van der Waals surface area contributed by atoms with Crippen LogP contribution in [-0.2, 0) is 0 Å². The van der Waals surface area contributed by atoms with E-state index in [2.05, 4.69) is 37.5 Å². The molecule has 110 valence electrons. The number of nitrogens with zero attached hydrogens (tertiary/aromatic N) is 2. The first kappa shape index (κ1) is 17.9. The van der Waals surface area contributed by atoms with Crippen molar-refractivity contribution in [3.8, 4) is 0 Å². The third-order valence-corrected chi connectivity index (χ3v) is 3.86. The summed E-state index contributed by atoms with van der Waals surface area (Å²) in [5, 5.41) is 0. The van der Waals surface area contributed by atoms with E-state index in [-0.39, 0.29) is 0 Å². The second-order valence-electron chi connectivity index (χ2n) is 5.13. The zero-order valence-electron chi connectivity index (χ0n) is 13.1. The SMILES string of the molecule is CCC(N)CCCN(CC)CCCN(CC)CC. The summed E-state index contributed by atoms with van der Waals surface area (Å²) in [4.78, 5) is 5.06. The Morgan fingerprint density at radius 3 is 1.78 bits per heavy atom. The first-order valence-electron chi connectivity index (χ1n) is 7.88. The van der Waals surface area contributed by atoms with Crippen molar-refractivity contribution in [3.63, 3.8) is 0 Å². The quantitative estimate of drug-likeness (QED) is 0.583. The Labute approximate surface area is 115 Å². The van der Waals surface area contributed by atoms with Gasteiger partial charge in [-0.3, -0.25) is 0 Å². The lowest BCUT2D eigenvalue weighted by Crippen LogP contribution is -2.31. The second-order valence-corrected chi connectivity index (χ2v) is 5.13. The van der Waals surface area contributed by atoms with Gasteiger partial charge in [0.05, 0.1) is 0 Å². The molecule has 0 heterocycles. The minimum atomic E-state index is 0.402. The molecule has 0 saturated heterocycles. The Bertz CT molecular complexity index is 169. The summed E-state index contributed by atoms with van der Waals surface area (Å²) in [6.07, 6.45) is 4.81. The number of hydrogen-bond donors (Lipinski definition) is 1. The van der Waals surface area contributed by atoms with Gasteiger partial charge >= 0.3 is 0 Å². The lowest BCUT2D eigenvalue weighted by atomic mass is 10.1. The molecule has 1 atom stereocenters. The molecule has 0 aliphatic rings. The zero-order valence-corrected chi connectivity index (χ0v) is 13.1. The normalized spacial score (nSPS) is 13.5. The van der Waals surface area contributed by atoms with Gasteiger partial charge in [0.15, 0.2) is 0 Å². The highest BCUT2D eigenvalue weighted by atomic mass is 15.1. The predicted molar refractivity (Wildman–Crippen MR) is 82.0 cm³/mol.